The molecule has 3 rings (SSSR count). The van der Waals surface area contributed by atoms with Crippen molar-refractivity contribution in [2.75, 3.05) is 25.5 Å². The van der Waals surface area contributed by atoms with Gasteiger partial charge in [-0.25, -0.2) is 8.42 Å². The van der Waals surface area contributed by atoms with Gasteiger partial charge in [-0.15, -0.1) is 0 Å². The molecule has 8 heteroatoms. The fourth-order valence-electron chi connectivity index (χ4n) is 3.59. The number of sulfonamides is 1. The van der Waals surface area contributed by atoms with E-state index in [2.05, 4.69) is 5.32 Å². The molecule has 31 heavy (non-hydrogen) atoms. The first-order valence-electron chi connectivity index (χ1n) is 10.4. The molecule has 0 aliphatic carbocycles. The summed E-state index contributed by atoms with van der Waals surface area (Å²) in [6.45, 7) is 2.97. The number of carbonyl (C=O) groups excluding carboxylic acids is 2. The number of hydrogen-bond acceptors (Lipinski definition) is 5. The first-order chi connectivity index (χ1) is 14.8. The number of methoxy groups -OCH3 is 1. The van der Waals surface area contributed by atoms with Gasteiger partial charge in [0.1, 0.15) is 5.75 Å². The van der Waals surface area contributed by atoms with Crippen LogP contribution in [0.15, 0.2) is 47.4 Å². The monoisotopic (exact) mass is 444 g/mol. The number of anilines is 1. The molecule has 0 atom stereocenters. The molecule has 0 spiro atoms. The smallest absolute Gasteiger partial charge is 0.243 e. The molecule has 1 N–H and O–H groups in total. The van der Waals surface area contributed by atoms with Gasteiger partial charge >= 0.3 is 0 Å². The predicted octanol–water partition coefficient (Wildman–Crippen LogP) is 3.78. The molecule has 0 saturated carbocycles. The quantitative estimate of drug-likeness (QED) is 0.626. The Balaban J connectivity index is 1.57. The molecule has 1 aliphatic heterocycles. The van der Waals surface area contributed by atoms with Crippen molar-refractivity contribution in [3.63, 3.8) is 0 Å². The van der Waals surface area contributed by atoms with E-state index in [1.807, 2.05) is 13.0 Å². The highest BCUT2D eigenvalue weighted by Gasteiger charge is 2.25. The van der Waals surface area contributed by atoms with Crippen molar-refractivity contribution in [3.8, 4) is 5.75 Å². The fraction of sp³-hybridized carbons (Fsp3) is 0.391. The van der Waals surface area contributed by atoms with Crippen LogP contribution in [0.4, 0.5) is 5.69 Å². The number of hydrogen-bond donors (Lipinski definition) is 1. The second kappa shape index (κ2) is 10.1. The summed E-state index contributed by atoms with van der Waals surface area (Å²) in [5, 5.41) is 2.72. The van der Waals surface area contributed by atoms with Crippen molar-refractivity contribution < 1.29 is 22.7 Å². The highest BCUT2D eigenvalue weighted by molar-refractivity contribution is 7.89. The van der Waals surface area contributed by atoms with Crippen molar-refractivity contribution in [1.29, 1.82) is 0 Å². The summed E-state index contributed by atoms with van der Waals surface area (Å²) in [5.74, 6) is 0.00629. The number of amides is 1. The lowest BCUT2D eigenvalue weighted by atomic mass is 10.0. The summed E-state index contributed by atoms with van der Waals surface area (Å²) in [7, 11) is -2.00. The van der Waals surface area contributed by atoms with Gasteiger partial charge in [0.05, 0.1) is 17.6 Å². The van der Waals surface area contributed by atoms with Crippen molar-refractivity contribution in [3.05, 3.63) is 53.6 Å². The van der Waals surface area contributed by atoms with E-state index in [1.54, 1.807) is 24.3 Å². The SMILES string of the molecule is COc1ccc(C)cc1C(=O)CCC(=O)Nc1ccc(S(=O)(=O)N2CCCCC2)cc1. The molecular weight excluding hydrogens is 416 g/mol. The molecule has 2 aromatic carbocycles. The van der Waals surface area contributed by atoms with Gasteiger partial charge in [-0.1, -0.05) is 18.1 Å². The Morgan fingerprint density at radius 2 is 1.68 bits per heavy atom. The summed E-state index contributed by atoms with van der Waals surface area (Å²) in [6.07, 6.45) is 2.87. The number of ketones is 1. The summed E-state index contributed by atoms with van der Waals surface area (Å²) in [6, 6.07) is 11.5. The Morgan fingerprint density at radius 1 is 1.00 bits per heavy atom. The Hall–Kier alpha value is -2.71. The van der Waals surface area contributed by atoms with Crippen LogP contribution in [0.1, 0.15) is 48.0 Å². The number of piperidine rings is 1. The normalized spacial score (nSPS) is 14.8. The Morgan fingerprint density at radius 3 is 2.32 bits per heavy atom. The number of nitrogens with zero attached hydrogens (tertiary/aromatic N) is 1. The zero-order chi connectivity index (χ0) is 22.4. The molecule has 0 bridgehead atoms. The molecular formula is C23H28N2O5S. The highest BCUT2D eigenvalue weighted by atomic mass is 32.2. The lowest BCUT2D eigenvalue weighted by Gasteiger charge is -2.25. The van der Waals surface area contributed by atoms with Crippen LogP contribution in [0.2, 0.25) is 0 Å². The average Bonchev–Trinajstić information content (AvgIpc) is 2.78. The third kappa shape index (κ3) is 5.71. The number of rotatable bonds is 8. The molecule has 7 nitrogen and oxygen atoms in total. The summed E-state index contributed by atoms with van der Waals surface area (Å²) in [4.78, 5) is 25.0. The predicted molar refractivity (Wildman–Crippen MR) is 119 cm³/mol. The van der Waals surface area contributed by atoms with Crippen molar-refractivity contribution >= 4 is 27.4 Å². The molecule has 1 fully saturated rings. The largest absolute Gasteiger partial charge is 0.496 e. The van der Waals surface area contributed by atoms with E-state index in [-0.39, 0.29) is 29.4 Å². The lowest BCUT2D eigenvalue weighted by molar-refractivity contribution is -0.116. The topological polar surface area (TPSA) is 92.8 Å². The molecule has 1 aliphatic rings. The summed E-state index contributed by atoms with van der Waals surface area (Å²) >= 11 is 0. The zero-order valence-electron chi connectivity index (χ0n) is 17.9. The maximum absolute atomic E-state index is 12.7. The number of Topliss-reactive ketones (excluding diaryl/α,β-unsaturated/α-hetero) is 1. The van der Waals surface area contributed by atoms with Gasteiger partial charge in [0.15, 0.2) is 5.78 Å². The van der Waals surface area contributed by atoms with Gasteiger partial charge in [0.25, 0.3) is 0 Å². The zero-order valence-corrected chi connectivity index (χ0v) is 18.7. The van der Waals surface area contributed by atoms with Crippen LogP contribution in [-0.2, 0) is 14.8 Å². The van der Waals surface area contributed by atoms with E-state index in [9.17, 15) is 18.0 Å². The fourth-order valence-corrected chi connectivity index (χ4v) is 5.11. The van der Waals surface area contributed by atoms with E-state index in [4.69, 9.17) is 4.74 Å². The van der Waals surface area contributed by atoms with Crippen molar-refractivity contribution in [2.24, 2.45) is 0 Å². The number of carbonyl (C=O) groups is 2. The molecule has 0 radical (unpaired) electrons. The number of ether oxygens (including phenoxy) is 1. The number of aryl methyl sites for hydroxylation is 1. The first kappa shape index (κ1) is 23.0. The highest BCUT2D eigenvalue weighted by Crippen LogP contribution is 2.23. The van der Waals surface area contributed by atoms with Gasteiger partial charge in [0.2, 0.25) is 15.9 Å². The van der Waals surface area contributed by atoms with Gasteiger partial charge < -0.3 is 10.1 Å². The molecule has 0 aromatic heterocycles. The van der Waals surface area contributed by atoms with Gasteiger partial charge in [-0.3, -0.25) is 9.59 Å². The summed E-state index contributed by atoms with van der Waals surface area (Å²) < 4.78 is 32.1. The number of benzene rings is 2. The van der Waals surface area contributed by atoms with Crippen LogP contribution in [0.3, 0.4) is 0 Å². The average molecular weight is 445 g/mol. The molecule has 2 aromatic rings. The van der Waals surface area contributed by atoms with Crippen LogP contribution in [-0.4, -0.2) is 44.6 Å². The van der Waals surface area contributed by atoms with Crippen LogP contribution in [0.25, 0.3) is 0 Å². The van der Waals surface area contributed by atoms with Crippen LogP contribution >= 0.6 is 0 Å². The second-order valence-electron chi connectivity index (χ2n) is 7.66. The van der Waals surface area contributed by atoms with Crippen molar-refractivity contribution in [1.82, 2.24) is 4.31 Å². The van der Waals surface area contributed by atoms with Crippen molar-refractivity contribution in [2.45, 2.75) is 43.9 Å². The van der Waals surface area contributed by atoms with E-state index in [1.165, 1.54) is 23.5 Å². The molecule has 1 amide bonds. The Bertz CT molecular complexity index is 1040. The standard InChI is InChI=1S/C23H28N2O5S/c1-17-6-12-22(30-2)20(16-17)21(26)11-13-23(27)24-18-7-9-19(10-8-18)31(28,29)25-14-4-3-5-15-25/h6-10,12,16H,3-5,11,13-15H2,1-2H3,(H,24,27). The minimum atomic E-state index is -3.51. The first-order valence-corrected chi connectivity index (χ1v) is 11.8. The minimum absolute atomic E-state index is 0.0176. The van der Waals surface area contributed by atoms with E-state index in [0.29, 0.717) is 30.1 Å². The molecule has 0 unspecified atom stereocenters. The third-order valence-corrected chi connectivity index (χ3v) is 7.24. The van der Waals surface area contributed by atoms with Crippen LogP contribution < -0.4 is 10.1 Å². The molecule has 1 saturated heterocycles. The van der Waals surface area contributed by atoms with Gasteiger partial charge in [-0.2, -0.15) is 4.31 Å². The number of nitrogens with one attached hydrogen (secondary N) is 1. The van der Waals surface area contributed by atoms with Crippen LogP contribution in [0, 0.1) is 6.92 Å². The maximum Gasteiger partial charge on any atom is 0.243 e. The van der Waals surface area contributed by atoms with Gasteiger partial charge in [-0.05, 0) is 56.2 Å². The Kier molecular flexibility index (Phi) is 7.46. The molecule has 166 valence electrons. The minimum Gasteiger partial charge on any atom is -0.496 e. The lowest BCUT2D eigenvalue weighted by Crippen LogP contribution is -2.35. The molecule has 1 heterocycles. The third-order valence-electron chi connectivity index (χ3n) is 5.33. The van der Waals surface area contributed by atoms with E-state index < -0.39 is 10.0 Å². The van der Waals surface area contributed by atoms with Crippen LogP contribution in [0.5, 0.6) is 5.75 Å². The second-order valence-corrected chi connectivity index (χ2v) is 9.60. The van der Waals surface area contributed by atoms with E-state index in [0.717, 1.165) is 24.8 Å². The van der Waals surface area contributed by atoms with Gasteiger partial charge in [0, 0.05) is 31.6 Å². The Labute approximate surface area is 183 Å². The summed E-state index contributed by atoms with van der Waals surface area (Å²) in [5.41, 5.74) is 1.89. The van der Waals surface area contributed by atoms with E-state index >= 15 is 0 Å². The maximum atomic E-state index is 12.7.